The molecule has 2 aromatic heterocycles. The standard InChI is InChI=1S/C19H26N8O3/c28-19(16-2-1-7-30-16)24-14-10-20-25-17(14)18-22-13-11-21-27(12-15(13)23-18)4-3-26-5-8-29-9-6-26/h10-11,16H,1-9,12H2,(H,20,25)(H,22,23)(H,24,28). The maximum absolute atomic E-state index is 12.4. The topological polar surface area (TPSA) is 124 Å². The van der Waals surface area contributed by atoms with Crippen LogP contribution in [0.1, 0.15) is 24.2 Å². The van der Waals surface area contributed by atoms with Gasteiger partial charge in [-0.25, -0.2) is 4.98 Å². The first-order valence-corrected chi connectivity index (χ1v) is 10.4. The quantitative estimate of drug-likeness (QED) is 0.625. The summed E-state index contributed by atoms with van der Waals surface area (Å²) in [5.74, 6) is 0.476. The average Bonchev–Trinajstić information content (AvgIpc) is 3.52. The molecule has 0 spiro atoms. The number of hydrogen-bond acceptors (Lipinski definition) is 8. The molecular formula is C19H26N8O3. The van der Waals surface area contributed by atoms with E-state index in [1.165, 1.54) is 0 Å². The van der Waals surface area contributed by atoms with E-state index in [0.717, 1.165) is 63.6 Å². The molecule has 160 valence electrons. The molecule has 2 fully saturated rings. The van der Waals surface area contributed by atoms with E-state index in [9.17, 15) is 4.79 Å². The van der Waals surface area contributed by atoms with Gasteiger partial charge in [-0.3, -0.25) is 19.8 Å². The number of ether oxygens (including phenoxy) is 2. The lowest BCUT2D eigenvalue weighted by atomic mass is 10.2. The molecule has 3 aliphatic heterocycles. The Labute approximate surface area is 173 Å². The van der Waals surface area contributed by atoms with Crippen molar-refractivity contribution in [3.63, 3.8) is 0 Å². The molecule has 1 amide bonds. The Morgan fingerprint density at radius 2 is 2.17 bits per heavy atom. The normalized spacial score (nSPS) is 21.7. The van der Waals surface area contributed by atoms with Gasteiger partial charge in [-0.15, -0.1) is 0 Å². The Kier molecular flexibility index (Phi) is 5.47. The lowest BCUT2D eigenvalue weighted by molar-refractivity contribution is -0.124. The number of morpholine rings is 1. The number of aromatic nitrogens is 4. The number of H-pyrrole nitrogens is 2. The van der Waals surface area contributed by atoms with E-state index in [2.05, 4.69) is 35.5 Å². The second-order valence-corrected chi connectivity index (χ2v) is 7.69. The van der Waals surface area contributed by atoms with Crippen LogP contribution in [-0.4, -0.2) is 94.3 Å². The molecular weight excluding hydrogens is 388 g/mol. The van der Waals surface area contributed by atoms with E-state index < -0.39 is 6.10 Å². The predicted octanol–water partition coefficient (Wildman–Crippen LogP) is 0.399. The predicted molar refractivity (Wildman–Crippen MR) is 109 cm³/mol. The molecule has 0 aliphatic carbocycles. The van der Waals surface area contributed by atoms with Crippen LogP contribution >= 0.6 is 0 Å². The monoisotopic (exact) mass is 414 g/mol. The van der Waals surface area contributed by atoms with Crippen molar-refractivity contribution in [3.8, 4) is 11.5 Å². The summed E-state index contributed by atoms with van der Waals surface area (Å²) in [5.41, 5.74) is 3.03. The summed E-state index contributed by atoms with van der Waals surface area (Å²) < 4.78 is 10.9. The first-order valence-electron chi connectivity index (χ1n) is 10.4. The van der Waals surface area contributed by atoms with Crippen LogP contribution < -0.4 is 5.32 Å². The minimum absolute atomic E-state index is 0.151. The van der Waals surface area contributed by atoms with Crippen molar-refractivity contribution in [3.05, 3.63) is 17.6 Å². The summed E-state index contributed by atoms with van der Waals surface area (Å²) in [6, 6.07) is 0. The van der Waals surface area contributed by atoms with E-state index in [1.54, 1.807) is 12.4 Å². The van der Waals surface area contributed by atoms with Crippen LogP contribution in [0.4, 0.5) is 5.69 Å². The van der Waals surface area contributed by atoms with Gasteiger partial charge in [0, 0.05) is 32.8 Å². The molecule has 3 aliphatic rings. The lowest BCUT2D eigenvalue weighted by Gasteiger charge is -2.29. The van der Waals surface area contributed by atoms with Crippen molar-refractivity contribution in [2.24, 2.45) is 5.10 Å². The van der Waals surface area contributed by atoms with Crippen molar-refractivity contribution in [1.29, 1.82) is 0 Å². The van der Waals surface area contributed by atoms with Crippen LogP contribution in [0.2, 0.25) is 0 Å². The third kappa shape index (κ3) is 4.09. The zero-order chi connectivity index (χ0) is 20.3. The van der Waals surface area contributed by atoms with Crippen molar-refractivity contribution < 1.29 is 14.3 Å². The Bertz CT molecular complexity index is 911. The van der Waals surface area contributed by atoms with E-state index in [4.69, 9.17) is 9.47 Å². The van der Waals surface area contributed by atoms with Crippen LogP contribution in [0.15, 0.2) is 11.3 Å². The molecule has 0 aromatic carbocycles. The van der Waals surface area contributed by atoms with Crippen molar-refractivity contribution in [2.45, 2.75) is 25.5 Å². The summed E-state index contributed by atoms with van der Waals surface area (Å²) in [5, 5.41) is 16.5. The number of imidazole rings is 1. The Morgan fingerprint density at radius 3 is 3.00 bits per heavy atom. The van der Waals surface area contributed by atoms with Crippen LogP contribution in [0, 0.1) is 0 Å². The highest BCUT2D eigenvalue weighted by Gasteiger charge is 2.26. The zero-order valence-corrected chi connectivity index (χ0v) is 16.8. The SMILES string of the molecule is O=C(Nc1cn[nH]c1-c1nc2c([nH]1)CN(CCN1CCOCC1)N=C2)C1CCCO1. The minimum Gasteiger partial charge on any atom is -0.379 e. The molecule has 1 unspecified atom stereocenters. The molecule has 3 N–H and O–H groups in total. The Hall–Kier alpha value is -2.76. The molecule has 5 rings (SSSR count). The molecule has 30 heavy (non-hydrogen) atoms. The van der Waals surface area contributed by atoms with E-state index in [1.807, 2.05) is 5.01 Å². The van der Waals surface area contributed by atoms with E-state index in [-0.39, 0.29) is 5.91 Å². The number of carbonyl (C=O) groups excluding carboxylic acids is 1. The van der Waals surface area contributed by atoms with Crippen LogP contribution in [0.3, 0.4) is 0 Å². The number of amides is 1. The van der Waals surface area contributed by atoms with Gasteiger partial charge in [0.25, 0.3) is 5.91 Å². The summed E-state index contributed by atoms with van der Waals surface area (Å²) in [4.78, 5) is 22.8. The fourth-order valence-corrected chi connectivity index (χ4v) is 3.91. The van der Waals surface area contributed by atoms with Crippen molar-refractivity contribution >= 4 is 17.8 Å². The molecule has 11 nitrogen and oxygen atoms in total. The van der Waals surface area contributed by atoms with Crippen LogP contribution in [0.5, 0.6) is 0 Å². The van der Waals surface area contributed by atoms with Gasteiger partial charge < -0.3 is 19.8 Å². The number of carbonyl (C=O) groups is 1. The smallest absolute Gasteiger partial charge is 0.253 e. The third-order valence-electron chi connectivity index (χ3n) is 5.63. The molecule has 2 aromatic rings. The van der Waals surface area contributed by atoms with E-state index in [0.29, 0.717) is 30.4 Å². The second kappa shape index (κ2) is 8.54. The summed E-state index contributed by atoms with van der Waals surface area (Å²) in [7, 11) is 0. The molecule has 5 heterocycles. The number of hydrazone groups is 1. The zero-order valence-electron chi connectivity index (χ0n) is 16.8. The first kappa shape index (κ1) is 19.2. The van der Waals surface area contributed by atoms with Gasteiger partial charge in [-0.2, -0.15) is 10.2 Å². The number of anilines is 1. The number of aromatic amines is 2. The van der Waals surface area contributed by atoms with E-state index >= 15 is 0 Å². The third-order valence-corrected chi connectivity index (χ3v) is 5.63. The van der Waals surface area contributed by atoms with Crippen LogP contribution in [0.25, 0.3) is 11.5 Å². The van der Waals surface area contributed by atoms with Gasteiger partial charge in [0.15, 0.2) is 5.82 Å². The van der Waals surface area contributed by atoms with Gasteiger partial charge in [0.05, 0.1) is 43.6 Å². The second-order valence-electron chi connectivity index (χ2n) is 7.69. The van der Waals surface area contributed by atoms with Gasteiger partial charge in [-0.1, -0.05) is 0 Å². The minimum atomic E-state index is -0.398. The number of rotatable bonds is 6. The molecule has 0 bridgehead atoms. The van der Waals surface area contributed by atoms with Crippen molar-refractivity contribution in [1.82, 2.24) is 30.1 Å². The molecule has 0 radical (unpaired) electrons. The summed E-state index contributed by atoms with van der Waals surface area (Å²) in [6.45, 7) is 6.63. The first-order chi connectivity index (χ1) is 14.8. The maximum Gasteiger partial charge on any atom is 0.253 e. The Balaban J connectivity index is 1.23. The lowest BCUT2D eigenvalue weighted by Crippen LogP contribution is -2.40. The van der Waals surface area contributed by atoms with Gasteiger partial charge >= 0.3 is 0 Å². The Morgan fingerprint density at radius 1 is 1.27 bits per heavy atom. The highest BCUT2D eigenvalue weighted by molar-refractivity contribution is 5.97. The number of fused-ring (bicyclic) bond motifs is 1. The van der Waals surface area contributed by atoms with Gasteiger partial charge in [0.2, 0.25) is 0 Å². The maximum atomic E-state index is 12.4. The average molecular weight is 414 g/mol. The molecule has 2 saturated heterocycles. The van der Waals surface area contributed by atoms with Crippen LogP contribution in [-0.2, 0) is 20.8 Å². The van der Waals surface area contributed by atoms with Gasteiger partial charge in [0.1, 0.15) is 17.5 Å². The number of nitrogens with zero attached hydrogens (tertiary/aromatic N) is 5. The highest BCUT2D eigenvalue weighted by atomic mass is 16.5. The van der Waals surface area contributed by atoms with Gasteiger partial charge in [-0.05, 0) is 12.8 Å². The number of nitrogens with one attached hydrogen (secondary N) is 3. The molecule has 11 heteroatoms. The number of hydrogen-bond donors (Lipinski definition) is 3. The molecule has 1 atom stereocenters. The highest BCUT2D eigenvalue weighted by Crippen LogP contribution is 2.26. The fraction of sp³-hybridized carbons (Fsp3) is 0.579. The molecule has 0 saturated carbocycles. The van der Waals surface area contributed by atoms with Crippen molar-refractivity contribution in [2.75, 3.05) is 51.3 Å². The summed E-state index contributed by atoms with van der Waals surface area (Å²) in [6.07, 6.45) is 4.61. The largest absolute Gasteiger partial charge is 0.379 e. The summed E-state index contributed by atoms with van der Waals surface area (Å²) >= 11 is 0. The fourth-order valence-electron chi connectivity index (χ4n) is 3.91.